The third-order valence-corrected chi connectivity index (χ3v) is 10.4. The van der Waals surface area contributed by atoms with Crippen LogP contribution in [-0.2, 0) is 19.6 Å². The van der Waals surface area contributed by atoms with E-state index in [9.17, 15) is 17.8 Å². The molecule has 0 radical (unpaired) electrons. The van der Waals surface area contributed by atoms with E-state index in [1.807, 2.05) is 48.5 Å². The van der Waals surface area contributed by atoms with E-state index in [4.69, 9.17) is 4.74 Å². The van der Waals surface area contributed by atoms with E-state index < -0.39 is 26.6 Å². The first-order valence-electron chi connectivity index (χ1n) is 16.3. The van der Waals surface area contributed by atoms with Gasteiger partial charge in [-0.3, -0.25) is 9.35 Å². The quantitative estimate of drug-likeness (QED) is 0.0564. The number of cyclic esters (lactones) is 1. The second-order valence-corrected chi connectivity index (χ2v) is 14.4. The number of carbonyl (C=O) groups is 1. The number of hydrogen-bond acceptors (Lipinski definition) is 7. The minimum absolute atomic E-state index is 0.0574. The summed E-state index contributed by atoms with van der Waals surface area (Å²) >= 11 is 1.20. The molecule has 2 atom stereocenters. The van der Waals surface area contributed by atoms with Gasteiger partial charge in [-0.05, 0) is 18.6 Å². The van der Waals surface area contributed by atoms with Crippen LogP contribution >= 0.6 is 11.8 Å². The van der Waals surface area contributed by atoms with Crippen molar-refractivity contribution in [1.82, 2.24) is 9.97 Å². The zero-order valence-corrected chi connectivity index (χ0v) is 27.5. The molecule has 0 spiro atoms. The van der Waals surface area contributed by atoms with Crippen LogP contribution in [-0.4, -0.2) is 34.2 Å². The maximum atomic E-state index is 12.8. The number of hydrogen-bond donors (Lipinski definition) is 1. The van der Waals surface area contributed by atoms with Crippen LogP contribution in [0.15, 0.2) is 65.7 Å². The van der Waals surface area contributed by atoms with Crippen LogP contribution < -0.4 is 0 Å². The van der Waals surface area contributed by atoms with Crippen molar-refractivity contribution in [2.24, 2.45) is 0 Å². The molecule has 0 aliphatic carbocycles. The fourth-order valence-electron chi connectivity index (χ4n) is 5.60. The van der Waals surface area contributed by atoms with E-state index >= 15 is 0 Å². The summed E-state index contributed by atoms with van der Waals surface area (Å²) in [5.41, 5.74) is 1.37. The van der Waals surface area contributed by atoms with Crippen molar-refractivity contribution in [2.45, 2.75) is 119 Å². The number of fused-ring (bicyclic) bond motifs is 1. The average Bonchev–Trinajstić information content (AvgIpc) is 3.38. The minimum atomic E-state index is -4.44. The lowest BCUT2D eigenvalue weighted by atomic mass is 10.0. The van der Waals surface area contributed by atoms with Crippen LogP contribution in [0.3, 0.4) is 0 Å². The van der Waals surface area contributed by atoms with E-state index in [0.29, 0.717) is 28.1 Å². The fourth-order valence-corrected chi connectivity index (χ4v) is 7.46. The zero-order valence-electron chi connectivity index (χ0n) is 25.8. The molecule has 1 N–H and O–H groups in total. The summed E-state index contributed by atoms with van der Waals surface area (Å²) in [6.45, 7) is 2.25. The number of aromatic nitrogens is 2. The van der Waals surface area contributed by atoms with E-state index in [-0.39, 0.29) is 12.2 Å². The highest BCUT2D eigenvalue weighted by Gasteiger charge is 2.32. The van der Waals surface area contributed by atoms with Gasteiger partial charge in [0.15, 0.2) is 5.82 Å². The SMILES string of the molecule is CCCCCCCCCCCCCCCCC(c1nc(SC2C=C(c3ccccc3)OC2=O)c2ccccc2n1)S(=O)(=O)O. The maximum absolute atomic E-state index is 12.8. The van der Waals surface area contributed by atoms with Gasteiger partial charge < -0.3 is 4.74 Å². The van der Waals surface area contributed by atoms with E-state index in [0.717, 1.165) is 24.8 Å². The number of para-hydroxylation sites is 1. The van der Waals surface area contributed by atoms with Gasteiger partial charge in [0.1, 0.15) is 21.3 Å². The highest BCUT2D eigenvalue weighted by Crippen LogP contribution is 2.37. The Morgan fingerprint density at radius 3 is 1.98 bits per heavy atom. The summed E-state index contributed by atoms with van der Waals surface area (Å²) in [5.74, 6) is 0.133. The largest absolute Gasteiger partial charge is 0.425 e. The molecule has 0 saturated carbocycles. The predicted molar refractivity (Wildman–Crippen MR) is 179 cm³/mol. The van der Waals surface area contributed by atoms with E-state index in [2.05, 4.69) is 16.9 Å². The number of esters is 1. The Morgan fingerprint density at radius 1 is 0.795 bits per heavy atom. The van der Waals surface area contributed by atoms with Gasteiger partial charge in [-0.15, -0.1) is 0 Å². The minimum Gasteiger partial charge on any atom is -0.425 e. The van der Waals surface area contributed by atoms with Crippen molar-refractivity contribution in [1.29, 1.82) is 0 Å². The molecule has 2 aromatic carbocycles. The fraction of sp³-hybridized carbons (Fsp3) is 0.514. The van der Waals surface area contributed by atoms with Gasteiger partial charge in [-0.25, -0.2) is 9.97 Å². The smallest absolute Gasteiger partial charge is 0.328 e. The molecule has 1 aliphatic rings. The summed E-state index contributed by atoms with van der Waals surface area (Å²) in [6, 6.07) is 16.7. The number of nitrogens with zero attached hydrogens (tertiary/aromatic N) is 2. The van der Waals surface area contributed by atoms with Crippen molar-refractivity contribution in [3.05, 3.63) is 72.1 Å². The first kappa shape index (κ1) is 34.1. The van der Waals surface area contributed by atoms with Gasteiger partial charge in [-0.2, -0.15) is 8.42 Å². The molecular weight excluding hydrogens is 593 g/mol. The van der Waals surface area contributed by atoms with Crippen LogP contribution in [0.2, 0.25) is 0 Å². The molecule has 1 aromatic heterocycles. The molecule has 238 valence electrons. The summed E-state index contributed by atoms with van der Waals surface area (Å²) in [4.78, 5) is 21.9. The molecule has 0 saturated heterocycles. The Hall–Kier alpha value is -2.75. The second kappa shape index (κ2) is 17.7. The number of carbonyl (C=O) groups excluding carboxylic acids is 1. The van der Waals surface area contributed by atoms with Gasteiger partial charge in [0.05, 0.1) is 5.52 Å². The molecule has 44 heavy (non-hydrogen) atoms. The van der Waals surface area contributed by atoms with E-state index in [1.165, 1.54) is 76.0 Å². The molecule has 3 aromatic rings. The molecule has 4 rings (SSSR count). The zero-order chi connectivity index (χ0) is 31.2. The standard InChI is InChI=1S/C35H46N2O5S2/c1-2-3-4-5-6-7-8-9-10-11-12-13-14-18-25-32(44(39,40)41)33-36-29-24-20-19-23-28(29)34(37-33)43-31-26-30(42-35(31)38)27-21-16-15-17-22-27/h15-17,19-24,26,31-32H,2-14,18,25H2,1H3,(H,39,40,41). The Labute approximate surface area is 267 Å². The Bertz CT molecular complexity index is 1480. The molecule has 0 fully saturated rings. The molecule has 0 bridgehead atoms. The molecule has 2 heterocycles. The van der Waals surface area contributed by atoms with Crippen molar-refractivity contribution in [3.63, 3.8) is 0 Å². The lowest BCUT2D eigenvalue weighted by Crippen LogP contribution is -2.17. The van der Waals surface area contributed by atoms with Crippen LogP contribution in [0.1, 0.15) is 120 Å². The number of rotatable bonds is 20. The second-order valence-electron chi connectivity index (χ2n) is 11.6. The lowest BCUT2D eigenvalue weighted by molar-refractivity contribution is -0.133. The monoisotopic (exact) mass is 638 g/mol. The number of thioether (sulfide) groups is 1. The summed E-state index contributed by atoms with van der Waals surface area (Å²) in [7, 11) is -4.44. The van der Waals surface area contributed by atoms with Crippen molar-refractivity contribution >= 4 is 44.5 Å². The molecule has 2 unspecified atom stereocenters. The van der Waals surface area contributed by atoms with Crippen LogP contribution in [0, 0.1) is 0 Å². The third kappa shape index (κ3) is 10.4. The Kier molecular flexibility index (Phi) is 13.7. The normalized spacial score (nSPS) is 15.8. The third-order valence-electron chi connectivity index (χ3n) is 8.10. The lowest BCUT2D eigenvalue weighted by Gasteiger charge is -2.15. The topological polar surface area (TPSA) is 106 Å². The highest BCUT2D eigenvalue weighted by molar-refractivity contribution is 8.01. The van der Waals surface area contributed by atoms with Gasteiger partial charge in [0.25, 0.3) is 10.1 Å². The first-order valence-corrected chi connectivity index (χ1v) is 18.6. The molecule has 0 amide bonds. The summed E-state index contributed by atoms with van der Waals surface area (Å²) in [5, 5.41) is -0.685. The molecular formula is C35H46N2O5S2. The van der Waals surface area contributed by atoms with Crippen LogP contribution in [0.5, 0.6) is 0 Å². The molecule has 7 nitrogen and oxygen atoms in total. The number of unbranched alkanes of at least 4 members (excludes halogenated alkanes) is 13. The highest BCUT2D eigenvalue weighted by atomic mass is 32.2. The molecule has 9 heteroatoms. The number of ether oxygens (including phenoxy) is 1. The van der Waals surface area contributed by atoms with Gasteiger partial charge in [0.2, 0.25) is 0 Å². The molecule has 1 aliphatic heterocycles. The van der Waals surface area contributed by atoms with Gasteiger partial charge >= 0.3 is 5.97 Å². The van der Waals surface area contributed by atoms with E-state index in [1.54, 1.807) is 12.1 Å². The average molecular weight is 639 g/mol. The number of benzene rings is 2. The van der Waals surface area contributed by atoms with Crippen LogP contribution in [0.4, 0.5) is 0 Å². The van der Waals surface area contributed by atoms with Crippen LogP contribution in [0.25, 0.3) is 16.7 Å². The van der Waals surface area contributed by atoms with Crippen molar-refractivity contribution in [3.8, 4) is 0 Å². The summed E-state index contributed by atoms with van der Waals surface area (Å²) < 4.78 is 40.8. The Balaban J connectivity index is 1.33. The first-order chi connectivity index (χ1) is 21.4. The maximum Gasteiger partial charge on any atom is 0.328 e. The van der Waals surface area contributed by atoms with Crippen molar-refractivity contribution in [2.75, 3.05) is 0 Å². The van der Waals surface area contributed by atoms with Gasteiger partial charge in [-0.1, -0.05) is 157 Å². The predicted octanol–water partition coefficient (Wildman–Crippen LogP) is 9.49. The van der Waals surface area contributed by atoms with Crippen molar-refractivity contribution < 1.29 is 22.5 Å². The van der Waals surface area contributed by atoms with Gasteiger partial charge in [0, 0.05) is 10.9 Å². The Morgan fingerprint density at radius 2 is 1.36 bits per heavy atom. The summed E-state index contributed by atoms with van der Waals surface area (Å²) in [6.07, 6.45) is 18.9.